The summed E-state index contributed by atoms with van der Waals surface area (Å²) < 4.78 is 5.12. The topological polar surface area (TPSA) is 67.6 Å². The fourth-order valence-electron chi connectivity index (χ4n) is 1.76. The zero-order valence-electron chi connectivity index (χ0n) is 12.5. The van der Waals surface area contributed by atoms with Crippen LogP contribution in [0.2, 0.25) is 0 Å². The van der Waals surface area contributed by atoms with Crippen LogP contribution in [-0.2, 0) is 9.53 Å². The van der Waals surface area contributed by atoms with Crippen LogP contribution in [-0.4, -0.2) is 56.2 Å². The van der Waals surface area contributed by atoms with Gasteiger partial charge in [0.15, 0.2) is 0 Å². The summed E-state index contributed by atoms with van der Waals surface area (Å²) in [5.41, 5.74) is 4.79. The molecule has 0 aromatic carbocycles. The van der Waals surface area contributed by atoms with E-state index in [1.54, 1.807) is 14.2 Å². The van der Waals surface area contributed by atoms with Crippen LogP contribution in [0.4, 0.5) is 0 Å². The van der Waals surface area contributed by atoms with E-state index in [0.717, 1.165) is 19.5 Å². The molecule has 0 aliphatic heterocycles. The third-order valence-electron chi connectivity index (χ3n) is 3.79. The van der Waals surface area contributed by atoms with Crippen molar-refractivity contribution < 1.29 is 9.53 Å². The number of nitrogens with two attached hydrogens (primary N) is 1. The van der Waals surface area contributed by atoms with Crippen LogP contribution < -0.4 is 11.1 Å². The highest BCUT2D eigenvalue weighted by Gasteiger charge is 2.29. The van der Waals surface area contributed by atoms with Crippen LogP contribution in [0.15, 0.2) is 0 Å². The molecule has 0 heterocycles. The van der Waals surface area contributed by atoms with E-state index in [1.807, 2.05) is 6.92 Å². The van der Waals surface area contributed by atoms with Crippen molar-refractivity contribution in [1.82, 2.24) is 10.2 Å². The number of carbonyl (C=O) groups is 1. The molecule has 2 unspecified atom stereocenters. The summed E-state index contributed by atoms with van der Waals surface area (Å²) in [4.78, 5) is 13.8. The van der Waals surface area contributed by atoms with Crippen molar-refractivity contribution in [1.29, 1.82) is 0 Å². The number of ether oxygens (including phenoxy) is 1. The van der Waals surface area contributed by atoms with Crippen molar-refractivity contribution in [3.63, 3.8) is 0 Å². The number of likely N-dealkylation sites (N-methyl/N-ethyl adjacent to an activating group) is 1. The number of nitrogens with one attached hydrogen (secondary N) is 1. The van der Waals surface area contributed by atoms with Gasteiger partial charge in [-0.15, -0.1) is 0 Å². The molecule has 0 aromatic heterocycles. The lowest BCUT2D eigenvalue weighted by atomic mass is 9.96. The van der Waals surface area contributed by atoms with Crippen LogP contribution in [0.3, 0.4) is 0 Å². The number of nitrogens with zero attached hydrogens (tertiary/aromatic N) is 1. The summed E-state index contributed by atoms with van der Waals surface area (Å²) in [6.07, 6.45) is 1.78. The molecule has 0 saturated carbocycles. The maximum atomic E-state index is 11.4. The Kier molecular flexibility index (Phi) is 8.15. The number of hydrogen-bond donors (Lipinski definition) is 2. The van der Waals surface area contributed by atoms with E-state index < -0.39 is 5.54 Å². The molecule has 0 fully saturated rings. The first-order chi connectivity index (χ1) is 8.41. The summed E-state index contributed by atoms with van der Waals surface area (Å²) in [5.74, 6) is -0.305. The molecule has 108 valence electrons. The molecular formula is C13H29N3O2. The van der Waals surface area contributed by atoms with Gasteiger partial charge in [0.25, 0.3) is 0 Å². The van der Waals surface area contributed by atoms with Gasteiger partial charge in [-0.2, -0.15) is 0 Å². The van der Waals surface area contributed by atoms with E-state index in [-0.39, 0.29) is 5.91 Å². The predicted octanol–water partition coefficient (Wildman–Crippen LogP) is 0.587. The molecule has 0 aliphatic carbocycles. The standard InChI is InChI=1S/C13H29N3O2/c1-6-11(2)16(9-10-18-5)8-7-13(3,15-4)12(14)17/h11,15H,6-10H2,1-5H3,(H2,14,17). The molecule has 3 N–H and O–H groups in total. The Labute approximate surface area is 111 Å². The van der Waals surface area contributed by atoms with Gasteiger partial charge in [0.05, 0.1) is 12.1 Å². The van der Waals surface area contributed by atoms with E-state index >= 15 is 0 Å². The molecule has 0 aliphatic rings. The Bertz CT molecular complexity index is 248. The third kappa shape index (κ3) is 5.33. The van der Waals surface area contributed by atoms with E-state index in [0.29, 0.717) is 19.1 Å². The first kappa shape index (κ1) is 17.4. The summed E-state index contributed by atoms with van der Waals surface area (Å²) in [6, 6.07) is 0.481. The molecule has 0 spiro atoms. The average Bonchev–Trinajstić information content (AvgIpc) is 2.37. The summed E-state index contributed by atoms with van der Waals surface area (Å²) >= 11 is 0. The fraction of sp³-hybridized carbons (Fsp3) is 0.923. The van der Waals surface area contributed by atoms with Gasteiger partial charge in [0.2, 0.25) is 5.91 Å². The van der Waals surface area contributed by atoms with Crippen LogP contribution in [0.5, 0.6) is 0 Å². The molecule has 0 radical (unpaired) electrons. The monoisotopic (exact) mass is 259 g/mol. The Morgan fingerprint density at radius 3 is 2.50 bits per heavy atom. The van der Waals surface area contributed by atoms with E-state index in [9.17, 15) is 4.79 Å². The Morgan fingerprint density at radius 1 is 1.50 bits per heavy atom. The molecule has 5 heteroatoms. The SMILES string of the molecule is CCC(C)N(CCOC)CCC(C)(NC)C(N)=O. The Hall–Kier alpha value is -0.650. The van der Waals surface area contributed by atoms with Gasteiger partial charge in [-0.1, -0.05) is 6.92 Å². The van der Waals surface area contributed by atoms with Crippen LogP contribution in [0.1, 0.15) is 33.6 Å². The molecule has 0 rings (SSSR count). The fourth-order valence-corrected chi connectivity index (χ4v) is 1.76. The number of rotatable bonds is 10. The average molecular weight is 259 g/mol. The molecule has 5 nitrogen and oxygen atoms in total. The van der Waals surface area contributed by atoms with Gasteiger partial charge < -0.3 is 15.8 Å². The molecule has 18 heavy (non-hydrogen) atoms. The summed E-state index contributed by atoms with van der Waals surface area (Å²) in [7, 11) is 3.48. The number of amides is 1. The summed E-state index contributed by atoms with van der Waals surface area (Å²) in [6.45, 7) is 8.62. The molecule has 0 saturated heterocycles. The van der Waals surface area contributed by atoms with Crippen molar-refractivity contribution in [3.05, 3.63) is 0 Å². The highest BCUT2D eigenvalue weighted by molar-refractivity contribution is 5.84. The minimum Gasteiger partial charge on any atom is -0.383 e. The van der Waals surface area contributed by atoms with Crippen LogP contribution in [0.25, 0.3) is 0 Å². The summed E-state index contributed by atoms with van der Waals surface area (Å²) in [5, 5.41) is 3.01. The first-order valence-corrected chi connectivity index (χ1v) is 6.63. The van der Waals surface area contributed by atoms with Crippen molar-refractivity contribution in [2.75, 3.05) is 33.9 Å². The normalized spacial score (nSPS) is 16.6. The Morgan fingerprint density at radius 2 is 2.11 bits per heavy atom. The molecule has 1 amide bonds. The lowest BCUT2D eigenvalue weighted by Crippen LogP contribution is -2.53. The van der Waals surface area contributed by atoms with Gasteiger partial charge in [-0.25, -0.2) is 0 Å². The molecule has 2 atom stereocenters. The van der Waals surface area contributed by atoms with Crippen molar-refractivity contribution in [3.8, 4) is 0 Å². The molecule has 0 bridgehead atoms. The molecular weight excluding hydrogens is 230 g/mol. The lowest BCUT2D eigenvalue weighted by Gasteiger charge is -2.32. The zero-order valence-corrected chi connectivity index (χ0v) is 12.5. The molecule has 0 aromatic rings. The minimum absolute atomic E-state index is 0.305. The maximum Gasteiger partial charge on any atom is 0.237 e. The first-order valence-electron chi connectivity index (χ1n) is 6.63. The highest BCUT2D eigenvalue weighted by Crippen LogP contribution is 2.12. The van der Waals surface area contributed by atoms with Gasteiger partial charge in [-0.3, -0.25) is 9.69 Å². The van der Waals surface area contributed by atoms with Gasteiger partial charge in [0.1, 0.15) is 0 Å². The van der Waals surface area contributed by atoms with Gasteiger partial charge in [-0.05, 0) is 33.7 Å². The Balaban J connectivity index is 4.44. The number of primary amides is 1. The van der Waals surface area contributed by atoms with E-state index in [4.69, 9.17) is 10.5 Å². The number of carbonyl (C=O) groups excluding carboxylic acids is 1. The van der Waals surface area contributed by atoms with E-state index in [2.05, 4.69) is 24.1 Å². The zero-order chi connectivity index (χ0) is 14.2. The van der Waals surface area contributed by atoms with Gasteiger partial charge in [0, 0.05) is 26.2 Å². The van der Waals surface area contributed by atoms with Crippen molar-refractivity contribution >= 4 is 5.91 Å². The second-order valence-corrected chi connectivity index (χ2v) is 4.98. The lowest BCUT2D eigenvalue weighted by molar-refractivity contribution is -0.124. The smallest absolute Gasteiger partial charge is 0.237 e. The largest absolute Gasteiger partial charge is 0.383 e. The highest BCUT2D eigenvalue weighted by atomic mass is 16.5. The van der Waals surface area contributed by atoms with Crippen LogP contribution >= 0.6 is 0 Å². The number of hydrogen-bond acceptors (Lipinski definition) is 4. The van der Waals surface area contributed by atoms with Gasteiger partial charge >= 0.3 is 0 Å². The quantitative estimate of drug-likeness (QED) is 0.602. The third-order valence-corrected chi connectivity index (χ3v) is 3.79. The van der Waals surface area contributed by atoms with Crippen molar-refractivity contribution in [2.45, 2.75) is 45.2 Å². The maximum absolute atomic E-state index is 11.4. The van der Waals surface area contributed by atoms with E-state index in [1.165, 1.54) is 0 Å². The predicted molar refractivity (Wildman–Crippen MR) is 74.5 cm³/mol. The minimum atomic E-state index is -0.640. The second kappa shape index (κ2) is 8.45. The second-order valence-electron chi connectivity index (χ2n) is 4.98. The number of methoxy groups -OCH3 is 1. The van der Waals surface area contributed by atoms with Crippen molar-refractivity contribution in [2.24, 2.45) is 5.73 Å². The van der Waals surface area contributed by atoms with Crippen LogP contribution in [0, 0.1) is 0 Å².